The molecule has 0 aliphatic heterocycles. The lowest BCUT2D eigenvalue weighted by atomic mass is 10.2. The molecule has 0 atom stereocenters. The van der Waals surface area contributed by atoms with Gasteiger partial charge < -0.3 is 5.73 Å². The van der Waals surface area contributed by atoms with Crippen LogP contribution < -0.4 is 11.1 Å². The lowest BCUT2D eigenvalue weighted by Crippen LogP contribution is -2.21. The number of carbonyl (C=O) groups is 1. The van der Waals surface area contributed by atoms with E-state index in [9.17, 15) is 4.79 Å². The molecule has 0 aliphatic carbocycles. The number of carbonyl (C=O) groups excluding carboxylic acids is 1. The van der Waals surface area contributed by atoms with Crippen LogP contribution in [0.5, 0.6) is 0 Å². The fourth-order valence-electron chi connectivity index (χ4n) is 0.759. The molecule has 1 rings (SSSR count). The lowest BCUT2D eigenvalue weighted by Gasteiger charge is -1.98. The highest BCUT2D eigenvalue weighted by Crippen LogP contribution is 2.09. The van der Waals surface area contributed by atoms with Crippen molar-refractivity contribution in [3.05, 3.63) is 34.9 Å². The first-order valence-corrected chi connectivity index (χ1v) is 3.77. The van der Waals surface area contributed by atoms with Crippen molar-refractivity contribution in [2.75, 3.05) is 0 Å². The van der Waals surface area contributed by atoms with Crippen LogP contribution in [-0.2, 0) is 6.54 Å². The molecule has 1 aromatic carbocycles. The van der Waals surface area contributed by atoms with Gasteiger partial charge in [-0.3, -0.25) is 0 Å². The highest BCUT2D eigenvalue weighted by molar-refractivity contribution is 6.30. The van der Waals surface area contributed by atoms with Gasteiger partial charge in [-0.1, -0.05) is 23.7 Å². The van der Waals surface area contributed by atoms with Crippen LogP contribution >= 0.6 is 11.6 Å². The Labute approximate surface area is 75.5 Å². The van der Waals surface area contributed by atoms with E-state index in [-0.39, 0.29) is 0 Å². The molecule has 0 unspecified atom stereocenters. The van der Waals surface area contributed by atoms with Crippen molar-refractivity contribution in [3.8, 4) is 0 Å². The highest BCUT2D eigenvalue weighted by atomic mass is 35.5. The summed E-state index contributed by atoms with van der Waals surface area (Å²) in [6.07, 6.45) is 0. The first-order valence-electron chi connectivity index (χ1n) is 3.40. The highest BCUT2D eigenvalue weighted by Gasteiger charge is 1.96. The molecule has 0 aliphatic rings. The zero-order valence-corrected chi connectivity index (χ0v) is 7.08. The van der Waals surface area contributed by atoms with Gasteiger partial charge in [0, 0.05) is 5.02 Å². The maximum absolute atomic E-state index is 10.3. The van der Waals surface area contributed by atoms with Crippen LogP contribution in [0.2, 0.25) is 5.02 Å². The average molecular weight is 184 g/mol. The fourth-order valence-corrected chi connectivity index (χ4v) is 0.885. The summed E-state index contributed by atoms with van der Waals surface area (Å²) in [5.74, 6) is 0. The number of primary amides is 1. The van der Waals surface area contributed by atoms with E-state index in [0.29, 0.717) is 11.6 Å². The molecule has 0 aromatic heterocycles. The van der Waals surface area contributed by atoms with Crippen LogP contribution in [0.3, 0.4) is 0 Å². The number of nitrogens with zero attached hydrogens (tertiary/aromatic N) is 1. The molecule has 0 fully saturated rings. The van der Waals surface area contributed by atoms with E-state index in [1.807, 2.05) is 0 Å². The van der Waals surface area contributed by atoms with Crippen molar-refractivity contribution in [2.24, 2.45) is 5.73 Å². The molecule has 63 valence electrons. The fraction of sp³-hybridized carbons (Fsp3) is 0.125. The Hall–Kier alpha value is -1.22. The Kier molecular flexibility index (Phi) is 2.94. The SMILES string of the molecule is NC(=O)[N]Cc1ccc(Cl)cc1. The summed E-state index contributed by atoms with van der Waals surface area (Å²) in [5.41, 5.74) is 5.75. The van der Waals surface area contributed by atoms with E-state index >= 15 is 0 Å². The summed E-state index contributed by atoms with van der Waals surface area (Å²) in [6, 6.07) is 6.44. The Balaban J connectivity index is 2.53. The molecular formula is C8H8ClN2O. The zero-order valence-electron chi connectivity index (χ0n) is 6.33. The number of nitrogens with two attached hydrogens (primary N) is 1. The van der Waals surface area contributed by atoms with E-state index < -0.39 is 6.03 Å². The van der Waals surface area contributed by atoms with E-state index in [0.717, 1.165) is 5.56 Å². The summed E-state index contributed by atoms with van der Waals surface area (Å²) >= 11 is 5.65. The summed E-state index contributed by atoms with van der Waals surface area (Å²) in [7, 11) is 0. The van der Waals surface area contributed by atoms with Gasteiger partial charge in [-0.25, -0.2) is 10.1 Å². The number of benzene rings is 1. The third-order valence-corrected chi connectivity index (χ3v) is 1.58. The van der Waals surface area contributed by atoms with Gasteiger partial charge in [0.1, 0.15) is 0 Å². The second-order valence-corrected chi connectivity index (χ2v) is 2.72. The van der Waals surface area contributed by atoms with Gasteiger partial charge >= 0.3 is 6.03 Å². The molecule has 12 heavy (non-hydrogen) atoms. The third kappa shape index (κ3) is 2.80. The third-order valence-electron chi connectivity index (χ3n) is 1.33. The van der Waals surface area contributed by atoms with Crippen LogP contribution in [0.4, 0.5) is 4.79 Å². The van der Waals surface area contributed by atoms with Crippen molar-refractivity contribution in [2.45, 2.75) is 6.54 Å². The summed E-state index contributed by atoms with van der Waals surface area (Å²) < 4.78 is 0. The van der Waals surface area contributed by atoms with Crippen molar-refractivity contribution in [3.63, 3.8) is 0 Å². The van der Waals surface area contributed by atoms with Gasteiger partial charge in [0.05, 0.1) is 6.54 Å². The van der Waals surface area contributed by atoms with Crippen LogP contribution in [0.1, 0.15) is 5.56 Å². The van der Waals surface area contributed by atoms with Crippen LogP contribution in [-0.4, -0.2) is 6.03 Å². The van der Waals surface area contributed by atoms with E-state index in [4.69, 9.17) is 17.3 Å². The maximum Gasteiger partial charge on any atom is 0.334 e. The van der Waals surface area contributed by atoms with Crippen LogP contribution in [0, 0.1) is 0 Å². The number of amides is 2. The predicted molar refractivity (Wildman–Crippen MR) is 46.9 cm³/mol. The monoisotopic (exact) mass is 183 g/mol. The molecule has 4 heteroatoms. The molecule has 0 bridgehead atoms. The minimum atomic E-state index is -0.648. The molecule has 3 nitrogen and oxygen atoms in total. The number of hydrogen-bond donors (Lipinski definition) is 1. The topological polar surface area (TPSA) is 57.2 Å². The minimum Gasteiger partial charge on any atom is -0.350 e. The van der Waals surface area contributed by atoms with E-state index in [1.54, 1.807) is 24.3 Å². The summed E-state index contributed by atoms with van der Waals surface area (Å²) in [5, 5.41) is 4.18. The van der Waals surface area contributed by atoms with Gasteiger partial charge in [0.15, 0.2) is 0 Å². The number of urea groups is 1. The number of rotatable bonds is 2. The largest absolute Gasteiger partial charge is 0.350 e. The van der Waals surface area contributed by atoms with Gasteiger partial charge in [-0.05, 0) is 17.7 Å². The smallest absolute Gasteiger partial charge is 0.334 e. The molecule has 1 aromatic rings. The zero-order chi connectivity index (χ0) is 8.97. The molecule has 2 N–H and O–H groups in total. The first-order chi connectivity index (χ1) is 5.68. The Morgan fingerprint density at radius 1 is 1.42 bits per heavy atom. The summed E-state index contributed by atoms with van der Waals surface area (Å²) in [6.45, 7) is 0.312. The van der Waals surface area contributed by atoms with Gasteiger partial charge in [-0.2, -0.15) is 0 Å². The minimum absolute atomic E-state index is 0.312. The molecule has 0 heterocycles. The molecular weight excluding hydrogens is 176 g/mol. The Morgan fingerprint density at radius 3 is 2.50 bits per heavy atom. The van der Waals surface area contributed by atoms with Crippen molar-refractivity contribution in [1.29, 1.82) is 0 Å². The second kappa shape index (κ2) is 3.97. The van der Waals surface area contributed by atoms with Crippen molar-refractivity contribution in [1.82, 2.24) is 5.32 Å². The second-order valence-electron chi connectivity index (χ2n) is 2.28. The molecule has 0 spiro atoms. The van der Waals surface area contributed by atoms with Gasteiger partial charge in [0.2, 0.25) is 0 Å². The van der Waals surface area contributed by atoms with Gasteiger partial charge in [-0.15, -0.1) is 0 Å². The molecule has 0 saturated carbocycles. The average Bonchev–Trinajstić information content (AvgIpc) is 2.03. The van der Waals surface area contributed by atoms with E-state index in [2.05, 4.69) is 5.32 Å². The van der Waals surface area contributed by atoms with Crippen molar-refractivity contribution < 1.29 is 4.79 Å². The number of halogens is 1. The predicted octanol–water partition coefficient (Wildman–Crippen LogP) is 1.52. The normalized spacial score (nSPS) is 9.42. The van der Waals surface area contributed by atoms with Gasteiger partial charge in [0.25, 0.3) is 0 Å². The molecule has 1 radical (unpaired) electrons. The molecule has 0 saturated heterocycles. The first kappa shape index (κ1) is 8.87. The molecule has 2 amide bonds. The Morgan fingerprint density at radius 2 is 2.00 bits per heavy atom. The lowest BCUT2D eigenvalue weighted by molar-refractivity contribution is 0.248. The van der Waals surface area contributed by atoms with Crippen molar-refractivity contribution >= 4 is 17.6 Å². The van der Waals surface area contributed by atoms with Crippen LogP contribution in [0.25, 0.3) is 0 Å². The summed E-state index contributed by atoms with van der Waals surface area (Å²) in [4.78, 5) is 10.3. The quantitative estimate of drug-likeness (QED) is 0.743. The Bertz CT molecular complexity index is 271. The maximum atomic E-state index is 10.3. The van der Waals surface area contributed by atoms with E-state index in [1.165, 1.54) is 0 Å². The van der Waals surface area contributed by atoms with Crippen LogP contribution in [0.15, 0.2) is 24.3 Å². The standard InChI is InChI=1S/C8H8ClN2O/c9-7-3-1-6(2-4-7)5-11-8(10)12/h1-4H,5H2,(H2,10,12). The number of hydrogen-bond acceptors (Lipinski definition) is 1.